The van der Waals surface area contributed by atoms with Crippen LogP contribution in [0.1, 0.15) is 54.4 Å². The summed E-state index contributed by atoms with van der Waals surface area (Å²) < 4.78 is 37.9. The van der Waals surface area contributed by atoms with E-state index in [9.17, 15) is 18.0 Å². The molecule has 0 radical (unpaired) electrons. The molecule has 2 aliphatic rings. The Hall–Kier alpha value is -1.59. The fraction of sp³-hybridized carbons (Fsp3) is 0.647. The zero-order valence-electron chi connectivity index (χ0n) is 13.3. The topological polar surface area (TPSA) is 42.0 Å². The number of rotatable bonds is 3. The molecule has 126 valence electrons. The van der Waals surface area contributed by atoms with Crippen LogP contribution in [-0.2, 0) is 6.18 Å². The molecule has 2 bridgehead atoms. The van der Waals surface area contributed by atoms with Gasteiger partial charge in [-0.05, 0) is 63.0 Å². The number of hydrogen-bond donors (Lipinski definition) is 1. The summed E-state index contributed by atoms with van der Waals surface area (Å²) in [6.07, 6.45) is 0.443. The lowest BCUT2D eigenvalue weighted by atomic mass is 9.84. The summed E-state index contributed by atoms with van der Waals surface area (Å²) in [5.74, 6) is 1.63. The smallest absolute Gasteiger partial charge is 0.349 e. The summed E-state index contributed by atoms with van der Waals surface area (Å²) in [5, 5.41) is 2.96. The predicted octanol–water partition coefficient (Wildman–Crippen LogP) is 3.96. The van der Waals surface area contributed by atoms with Gasteiger partial charge in [-0.3, -0.25) is 4.79 Å². The Balaban J connectivity index is 1.68. The van der Waals surface area contributed by atoms with E-state index in [4.69, 9.17) is 0 Å². The molecule has 4 unspecified atom stereocenters. The van der Waals surface area contributed by atoms with E-state index >= 15 is 0 Å². The minimum Gasteiger partial charge on any atom is -0.349 e. The van der Waals surface area contributed by atoms with Crippen molar-refractivity contribution < 1.29 is 18.0 Å². The highest BCUT2D eigenvalue weighted by Crippen LogP contribution is 2.49. The van der Waals surface area contributed by atoms with Crippen LogP contribution in [0, 0.1) is 24.7 Å². The number of carbonyl (C=O) groups excluding carboxylic acids is 1. The highest BCUT2D eigenvalue weighted by atomic mass is 19.4. The minimum absolute atomic E-state index is 0.0412. The van der Waals surface area contributed by atoms with Gasteiger partial charge in [-0.2, -0.15) is 13.2 Å². The molecule has 1 heterocycles. The Kier molecular flexibility index (Phi) is 4.10. The van der Waals surface area contributed by atoms with E-state index in [0.29, 0.717) is 11.8 Å². The summed E-state index contributed by atoms with van der Waals surface area (Å²) in [7, 11) is 0. The van der Waals surface area contributed by atoms with E-state index in [1.165, 1.54) is 32.3 Å². The van der Waals surface area contributed by atoms with Crippen LogP contribution in [0.2, 0.25) is 0 Å². The predicted molar refractivity (Wildman–Crippen MR) is 79.8 cm³/mol. The highest BCUT2D eigenvalue weighted by molar-refractivity contribution is 5.95. The van der Waals surface area contributed by atoms with Crippen molar-refractivity contribution in [2.75, 3.05) is 0 Å². The van der Waals surface area contributed by atoms with Crippen molar-refractivity contribution in [3.8, 4) is 0 Å². The summed E-state index contributed by atoms with van der Waals surface area (Å²) in [6.45, 7) is 3.43. The second-order valence-electron chi connectivity index (χ2n) is 6.93. The van der Waals surface area contributed by atoms with E-state index in [-0.39, 0.29) is 23.2 Å². The first-order chi connectivity index (χ1) is 10.8. The molecule has 3 rings (SSSR count). The van der Waals surface area contributed by atoms with Crippen LogP contribution >= 0.6 is 0 Å². The van der Waals surface area contributed by atoms with Crippen LogP contribution in [0.25, 0.3) is 0 Å². The number of carbonyl (C=O) groups is 1. The fourth-order valence-electron chi connectivity index (χ4n) is 4.26. The lowest BCUT2D eigenvalue weighted by Crippen LogP contribution is -2.40. The van der Waals surface area contributed by atoms with Gasteiger partial charge in [0.05, 0.1) is 11.3 Å². The van der Waals surface area contributed by atoms with Crippen molar-refractivity contribution in [2.24, 2.45) is 17.8 Å². The van der Waals surface area contributed by atoms with Crippen LogP contribution in [0.5, 0.6) is 0 Å². The van der Waals surface area contributed by atoms with Crippen molar-refractivity contribution in [3.63, 3.8) is 0 Å². The molecule has 2 aliphatic carbocycles. The molecule has 2 saturated carbocycles. The number of nitrogens with zero attached hydrogens (tertiary/aromatic N) is 1. The van der Waals surface area contributed by atoms with Gasteiger partial charge in [0.1, 0.15) is 5.69 Å². The third-order valence-electron chi connectivity index (χ3n) is 5.41. The molecule has 0 saturated heterocycles. The molecule has 3 nitrogen and oxygen atoms in total. The molecule has 4 atom stereocenters. The Morgan fingerprint density at radius 2 is 2.04 bits per heavy atom. The van der Waals surface area contributed by atoms with E-state index in [1.807, 2.05) is 6.92 Å². The number of pyridine rings is 1. The molecular formula is C17H21F3N2O. The SMILES string of the molecule is Cc1nc(C(F)(F)F)ccc1C(=O)NC(C)C1CC2CCC1C2. The maximum absolute atomic E-state index is 12.6. The second kappa shape index (κ2) is 5.80. The summed E-state index contributed by atoms with van der Waals surface area (Å²) in [6, 6.07) is 2.12. The average Bonchev–Trinajstić information content (AvgIpc) is 3.08. The lowest BCUT2D eigenvalue weighted by molar-refractivity contribution is -0.141. The van der Waals surface area contributed by atoms with Crippen LogP contribution in [0.15, 0.2) is 12.1 Å². The molecule has 1 amide bonds. The van der Waals surface area contributed by atoms with Gasteiger partial charge in [0.15, 0.2) is 0 Å². The number of halogens is 3. The normalized spacial score (nSPS) is 28.0. The molecule has 1 aromatic heterocycles. The van der Waals surface area contributed by atoms with Crippen LogP contribution in [-0.4, -0.2) is 16.9 Å². The van der Waals surface area contributed by atoms with Crippen molar-refractivity contribution in [3.05, 3.63) is 29.1 Å². The first-order valence-electron chi connectivity index (χ1n) is 8.11. The van der Waals surface area contributed by atoms with Crippen molar-refractivity contribution in [1.82, 2.24) is 10.3 Å². The van der Waals surface area contributed by atoms with Gasteiger partial charge >= 0.3 is 6.18 Å². The molecule has 2 fully saturated rings. The monoisotopic (exact) mass is 326 g/mol. The van der Waals surface area contributed by atoms with Crippen LogP contribution in [0.4, 0.5) is 13.2 Å². The molecule has 6 heteroatoms. The minimum atomic E-state index is -4.49. The van der Waals surface area contributed by atoms with Crippen molar-refractivity contribution in [1.29, 1.82) is 0 Å². The van der Waals surface area contributed by atoms with E-state index < -0.39 is 11.9 Å². The number of fused-ring (bicyclic) bond motifs is 2. The van der Waals surface area contributed by atoms with Gasteiger partial charge in [0, 0.05) is 6.04 Å². The van der Waals surface area contributed by atoms with E-state index in [0.717, 1.165) is 18.4 Å². The number of aromatic nitrogens is 1. The average molecular weight is 326 g/mol. The number of aryl methyl sites for hydroxylation is 1. The zero-order chi connectivity index (χ0) is 16.8. The van der Waals surface area contributed by atoms with Crippen molar-refractivity contribution >= 4 is 5.91 Å². The van der Waals surface area contributed by atoms with Crippen LogP contribution < -0.4 is 5.32 Å². The zero-order valence-corrected chi connectivity index (χ0v) is 13.3. The van der Waals surface area contributed by atoms with Gasteiger partial charge < -0.3 is 5.32 Å². The third-order valence-corrected chi connectivity index (χ3v) is 5.41. The molecule has 0 spiro atoms. The number of nitrogens with one attached hydrogen (secondary N) is 1. The first kappa shape index (κ1) is 16.3. The molecule has 1 N–H and O–H groups in total. The van der Waals surface area contributed by atoms with Gasteiger partial charge in [-0.25, -0.2) is 4.98 Å². The van der Waals surface area contributed by atoms with Gasteiger partial charge in [0.25, 0.3) is 5.91 Å². The van der Waals surface area contributed by atoms with E-state index in [1.54, 1.807) is 0 Å². The molecular weight excluding hydrogens is 305 g/mol. The van der Waals surface area contributed by atoms with Gasteiger partial charge in [-0.15, -0.1) is 0 Å². The summed E-state index contributed by atoms with van der Waals surface area (Å²) in [4.78, 5) is 15.9. The number of amides is 1. The van der Waals surface area contributed by atoms with Crippen molar-refractivity contribution in [2.45, 2.75) is 51.7 Å². The van der Waals surface area contributed by atoms with Crippen LogP contribution in [0.3, 0.4) is 0 Å². The number of alkyl halides is 3. The second-order valence-corrected chi connectivity index (χ2v) is 6.93. The fourth-order valence-corrected chi connectivity index (χ4v) is 4.26. The Morgan fingerprint density at radius 1 is 1.30 bits per heavy atom. The Bertz CT molecular complexity index is 614. The first-order valence-corrected chi connectivity index (χ1v) is 8.11. The highest BCUT2D eigenvalue weighted by Gasteiger charge is 2.42. The maximum Gasteiger partial charge on any atom is 0.433 e. The molecule has 23 heavy (non-hydrogen) atoms. The maximum atomic E-state index is 12.6. The summed E-state index contributed by atoms with van der Waals surface area (Å²) in [5.41, 5.74) is -0.641. The standard InChI is InChI=1S/C17H21F3N2O/c1-9-13(5-6-15(21-9)17(18,19)20)16(23)22-10(2)14-8-11-3-4-12(14)7-11/h5-6,10-12,14H,3-4,7-8H2,1-2H3,(H,22,23). The summed E-state index contributed by atoms with van der Waals surface area (Å²) >= 11 is 0. The lowest BCUT2D eigenvalue weighted by Gasteiger charge is -2.28. The Labute approximate surface area is 133 Å². The quantitative estimate of drug-likeness (QED) is 0.913. The molecule has 0 aliphatic heterocycles. The van der Waals surface area contributed by atoms with Gasteiger partial charge in [0.2, 0.25) is 0 Å². The largest absolute Gasteiger partial charge is 0.433 e. The Morgan fingerprint density at radius 3 is 2.57 bits per heavy atom. The van der Waals surface area contributed by atoms with Gasteiger partial charge in [-0.1, -0.05) is 6.42 Å². The molecule has 1 aromatic rings. The number of hydrogen-bond acceptors (Lipinski definition) is 2. The van der Waals surface area contributed by atoms with E-state index in [2.05, 4.69) is 10.3 Å². The molecule has 0 aromatic carbocycles. The third kappa shape index (κ3) is 3.21.